The van der Waals surface area contributed by atoms with Crippen LogP contribution in [0.2, 0.25) is 0 Å². The first kappa shape index (κ1) is 32.1. The number of aromatic hydroxyl groups is 1. The van der Waals surface area contributed by atoms with Gasteiger partial charge in [0.25, 0.3) is 0 Å². The molecule has 1 atom stereocenters. The largest absolute Gasteiger partial charge is 0.507 e. The first-order chi connectivity index (χ1) is 17.1. The molecule has 0 spiro atoms. The van der Waals surface area contributed by atoms with Crippen molar-refractivity contribution in [2.45, 2.75) is 130 Å². The van der Waals surface area contributed by atoms with Gasteiger partial charge in [0.2, 0.25) is 0 Å². The summed E-state index contributed by atoms with van der Waals surface area (Å²) in [5.74, 6) is -1.98. The van der Waals surface area contributed by atoms with E-state index in [1.54, 1.807) is 0 Å². The quantitative estimate of drug-likeness (QED) is 0.217. The molecule has 1 aliphatic rings. The second-order valence-corrected chi connectivity index (χ2v) is 14.8. The van der Waals surface area contributed by atoms with Gasteiger partial charge in [-0.25, -0.2) is 0 Å². The van der Waals surface area contributed by atoms with Crippen molar-refractivity contribution in [1.29, 1.82) is 0 Å². The zero-order valence-electron chi connectivity index (χ0n) is 26.0. The second kappa shape index (κ2) is 10.8. The van der Waals surface area contributed by atoms with E-state index in [1.807, 2.05) is 60.6 Å². The molecular formula is C32H53NO5. The molecule has 0 amide bonds. The molecule has 1 aromatic rings. The maximum atomic E-state index is 14.0. The lowest BCUT2D eigenvalue weighted by atomic mass is 9.60. The van der Waals surface area contributed by atoms with E-state index >= 15 is 0 Å². The SMILES string of the molecule is CCCCOC(=O)C(Cc1cc(C(C)(C)C)c(O)c(C(C)(C)C)c1)(C(=O)O)C1CC(C)(C)N(C)C(C)(C)C1. The normalized spacial score (nSPS) is 20.1. The number of hydrogen-bond acceptors (Lipinski definition) is 5. The molecule has 2 rings (SSSR count). The number of rotatable bonds is 8. The third-order valence-corrected chi connectivity index (χ3v) is 8.75. The van der Waals surface area contributed by atoms with Gasteiger partial charge in [-0.1, -0.05) is 67.0 Å². The molecule has 0 saturated carbocycles. The summed E-state index contributed by atoms with van der Waals surface area (Å²) < 4.78 is 5.73. The Labute approximate surface area is 231 Å². The lowest BCUT2D eigenvalue weighted by Crippen LogP contribution is -2.63. The Morgan fingerprint density at radius 3 is 1.79 bits per heavy atom. The molecule has 0 aliphatic carbocycles. The van der Waals surface area contributed by atoms with E-state index in [9.17, 15) is 19.8 Å². The highest BCUT2D eigenvalue weighted by molar-refractivity contribution is 6.00. The van der Waals surface area contributed by atoms with Crippen LogP contribution in [-0.2, 0) is 31.6 Å². The minimum atomic E-state index is -1.75. The number of nitrogens with zero attached hydrogens (tertiary/aromatic N) is 1. The standard InChI is InChI=1S/C32H53NO5/c1-13-14-15-38-27(37)32(26(35)36,22-19-30(8,9)33(12)31(10,11)20-22)18-21-16-23(28(2,3)4)25(34)24(17-21)29(5,6)7/h16-17,22,34H,13-15,18-20H2,1-12H3,(H,35,36). The second-order valence-electron chi connectivity index (χ2n) is 14.8. The van der Waals surface area contributed by atoms with Crippen molar-refractivity contribution in [2.24, 2.45) is 11.3 Å². The maximum Gasteiger partial charge on any atom is 0.324 e. The fraction of sp³-hybridized carbons (Fsp3) is 0.750. The van der Waals surface area contributed by atoms with Gasteiger partial charge in [-0.3, -0.25) is 14.5 Å². The number of carboxylic acids is 1. The number of carboxylic acid groups (broad SMARTS) is 1. The van der Waals surface area contributed by atoms with E-state index in [1.165, 1.54) is 0 Å². The molecule has 0 radical (unpaired) electrons. The van der Waals surface area contributed by atoms with Crippen molar-refractivity contribution < 1.29 is 24.5 Å². The number of hydrogen-bond donors (Lipinski definition) is 2. The van der Waals surface area contributed by atoms with E-state index in [4.69, 9.17) is 4.74 Å². The molecule has 2 N–H and O–H groups in total. The number of esters is 1. The minimum absolute atomic E-state index is 0.0142. The number of unbranched alkanes of at least 4 members (excludes halogenated alkanes) is 1. The van der Waals surface area contributed by atoms with Crippen LogP contribution >= 0.6 is 0 Å². The summed E-state index contributed by atoms with van der Waals surface area (Å²) in [7, 11) is 2.07. The molecule has 38 heavy (non-hydrogen) atoms. The molecule has 0 bridgehead atoms. The maximum absolute atomic E-state index is 14.0. The molecule has 6 nitrogen and oxygen atoms in total. The molecule has 6 heteroatoms. The Hall–Kier alpha value is -2.08. The highest BCUT2D eigenvalue weighted by Crippen LogP contribution is 2.50. The van der Waals surface area contributed by atoms with Crippen LogP contribution in [0.1, 0.15) is 119 Å². The van der Waals surface area contributed by atoms with Crippen molar-refractivity contribution in [3.05, 3.63) is 28.8 Å². The van der Waals surface area contributed by atoms with E-state index in [-0.39, 0.29) is 40.7 Å². The number of carbonyl (C=O) groups excluding carboxylic acids is 1. The summed E-state index contributed by atoms with van der Waals surface area (Å²) in [5.41, 5.74) is -0.855. The Morgan fingerprint density at radius 2 is 1.42 bits per heavy atom. The van der Waals surface area contributed by atoms with Crippen LogP contribution in [0.15, 0.2) is 12.1 Å². The van der Waals surface area contributed by atoms with Crippen molar-refractivity contribution in [2.75, 3.05) is 13.7 Å². The number of carbonyl (C=O) groups is 2. The average molecular weight is 532 g/mol. The summed E-state index contributed by atoms with van der Waals surface area (Å²) in [4.78, 5) is 29.6. The summed E-state index contributed by atoms with van der Waals surface area (Å²) in [6, 6.07) is 3.79. The summed E-state index contributed by atoms with van der Waals surface area (Å²) in [5, 5.41) is 22.2. The summed E-state index contributed by atoms with van der Waals surface area (Å²) >= 11 is 0. The van der Waals surface area contributed by atoms with Crippen molar-refractivity contribution in [3.63, 3.8) is 0 Å². The fourth-order valence-electron chi connectivity index (χ4n) is 6.14. The molecule has 1 unspecified atom stereocenters. The lowest BCUT2D eigenvalue weighted by Gasteiger charge is -2.56. The molecule has 1 fully saturated rings. The Morgan fingerprint density at radius 1 is 0.974 bits per heavy atom. The molecular weight excluding hydrogens is 478 g/mol. The van der Waals surface area contributed by atoms with Crippen LogP contribution in [-0.4, -0.2) is 51.8 Å². The van der Waals surface area contributed by atoms with Crippen molar-refractivity contribution in [1.82, 2.24) is 4.90 Å². The molecule has 1 aliphatic heterocycles. The van der Waals surface area contributed by atoms with Crippen LogP contribution in [0.4, 0.5) is 0 Å². The molecule has 1 aromatic carbocycles. The van der Waals surface area contributed by atoms with E-state index in [0.29, 0.717) is 19.3 Å². The van der Waals surface area contributed by atoms with Gasteiger partial charge in [0.05, 0.1) is 6.61 Å². The number of aliphatic carboxylic acids is 1. The summed E-state index contributed by atoms with van der Waals surface area (Å²) in [6.07, 6.45) is 2.66. The van der Waals surface area contributed by atoms with Gasteiger partial charge in [-0.2, -0.15) is 0 Å². The molecule has 1 heterocycles. The third kappa shape index (κ3) is 6.38. The Kier molecular flexibility index (Phi) is 9.15. The first-order valence-corrected chi connectivity index (χ1v) is 14.1. The highest BCUT2D eigenvalue weighted by Gasteiger charge is 2.59. The minimum Gasteiger partial charge on any atom is -0.507 e. The number of piperidine rings is 1. The van der Waals surface area contributed by atoms with Gasteiger partial charge in [0.1, 0.15) is 5.75 Å². The molecule has 0 aromatic heterocycles. The predicted molar refractivity (Wildman–Crippen MR) is 154 cm³/mol. The van der Waals surface area contributed by atoms with Gasteiger partial charge >= 0.3 is 11.9 Å². The average Bonchev–Trinajstić information content (AvgIpc) is 2.74. The van der Waals surface area contributed by atoms with Crippen molar-refractivity contribution >= 4 is 11.9 Å². The van der Waals surface area contributed by atoms with Gasteiger partial charge < -0.3 is 14.9 Å². The van der Waals surface area contributed by atoms with Crippen LogP contribution in [0.5, 0.6) is 5.75 Å². The monoisotopic (exact) mass is 531 g/mol. The zero-order valence-corrected chi connectivity index (χ0v) is 26.0. The number of phenolic OH excluding ortho intramolecular Hbond substituents is 1. The zero-order chi connectivity index (χ0) is 29.5. The predicted octanol–water partition coefficient (Wildman–Crippen LogP) is 6.84. The van der Waals surface area contributed by atoms with Gasteiger partial charge in [0, 0.05) is 11.1 Å². The van der Waals surface area contributed by atoms with E-state index in [0.717, 1.165) is 23.1 Å². The Balaban J connectivity index is 2.81. The van der Waals surface area contributed by atoms with Crippen LogP contribution in [0, 0.1) is 11.3 Å². The third-order valence-electron chi connectivity index (χ3n) is 8.75. The molecule has 1 saturated heterocycles. The lowest BCUT2D eigenvalue weighted by molar-refractivity contribution is -0.179. The highest BCUT2D eigenvalue weighted by atomic mass is 16.5. The van der Waals surface area contributed by atoms with Gasteiger partial charge in [0.15, 0.2) is 5.41 Å². The van der Waals surface area contributed by atoms with Gasteiger partial charge in [-0.05, 0) is 93.9 Å². The topological polar surface area (TPSA) is 87.1 Å². The van der Waals surface area contributed by atoms with E-state index < -0.39 is 23.3 Å². The van der Waals surface area contributed by atoms with Crippen LogP contribution < -0.4 is 0 Å². The molecule has 216 valence electrons. The number of phenols is 1. The Bertz CT molecular complexity index is 974. The number of likely N-dealkylation sites (tertiary alicyclic amines) is 1. The first-order valence-electron chi connectivity index (χ1n) is 14.1. The summed E-state index contributed by atoms with van der Waals surface area (Å²) in [6.45, 7) is 22.9. The smallest absolute Gasteiger partial charge is 0.324 e. The number of benzene rings is 1. The number of ether oxygens (including phenoxy) is 1. The van der Waals surface area contributed by atoms with Crippen LogP contribution in [0.3, 0.4) is 0 Å². The van der Waals surface area contributed by atoms with Crippen LogP contribution in [0.25, 0.3) is 0 Å². The van der Waals surface area contributed by atoms with E-state index in [2.05, 4.69) is 39.6 Å². The fourth-order valence-corrected chi connectivity index (χ4v) is 6.14. The van der Waals surface area contributed by atoms with Crippen molar-refractivity contribution in [3.8, 4) is 5.75 Å². The van der Waals surface area contributed by atoms with Gasteiger partial charge in [-0.15, -0.1) is 0 Å².